The molecule has 0 atom stereocenters. The third kappa shape index (κ3) is 5.83. The highest BCUT2D eigenvalue weighted by Gasteiger charge is 2.31. The number of carbonyl (C=O) groups excluding carboxylic acids is 1. The van der Waals surface area contributed by atoms with Gasteiger partial charge >= 0.3 is 6.36 Å². The second-order valence-electron chi connectivity index (χ2n) is 4.98. The molecule has 7 heteroatoms. The van der Waals surface area contributed by atoms with Crippen molar-refractivity contribution < 1.29 is 27.4 Å². The fourth-order valence-corrected chi connectivity index (χ4v) is 2.08. The Bertz CT molecular complexity index is 701. The van der Waals surface area contributed by atoms with E-state index in [0.29, 0.717) is 12.2 Å². The topological polar surface area (TPSA) is 47.6 Å². The number of alkyl halides is 3. The zero-order valence-electron chi connectivity index (χ0n) is 12.9. The van der Waals surface area contributed by atoms with E-state index in [1.807, 2.05) is 18.2 Å². The van der Waals surface area contributed by atoms with Crippen LogP contribution in [0.4, 0.5) is 18.9 Å². The minimum absolute atomic E-state index is 0.192. The van der Waals surface area contributed by atoms with Crippen molar-refractivity contribution in [3.05, 3.63) is 54.1 Å². The molecule has 0 radical (unpaired) electrons. The Labute approximate surface area is 137 Å². The Kier molecular flexibility index (Phi) is 5.68. The van der Waals surface area contributed by atoms with Crippen LogP contribution in [0, 0.1) is 0 Å². The second kappa shape index (κ2) is 7.72. The third-order valence-electron chi connectivity index (χ3n) is 3.13. The van der Waals surface area contributed by atoms with Crippen LogP contribution in [0.3, 0.4) is 0 Å². The number of anilines is 1. The van der Waals surface area contributed by atoms with E-state index in [4.69, 9.17) is 4.74 Å². The molecule has 1 amide bonds. The number of benzene rings is 2. The van der Waals surface area contributed by atoms with E-state index in [9.17, 15) is 18.0 Å². The van der Waals surface area contributed by atoms with Crippen LogP contribution < -0.4 is 14.8 Å². The summed E-state index contributed by atoms with van der Waals surface area (Å²) in [6.07, 6.45) is -4.09. The molecule has 0 aliphatic carbocycles. The van der Waals surface area contributed by atoms with Crippen molar-refractivity contribution in [2.24, 2.45) is 0 Å². The van der Waals surface area contributed by atoms with Crippen molar-refractivity contribution in [3.63, 3.8) is 0 Å². The molecule has 0 fully saturated rings. The lowest BCUT2D eigenvalue weighted by molar-refractivity contribution is -0.274. The van der Waals surface area contributed by atoms with Crippen molar-refractivity contribution in [1.82, 2.24) is 0 Å². The average molecular weight is 339 g/mol. The molecule has 0 aromatic heterocycles. The predicted octanol–water partition coefficient (Wildman–Crippen LogP) is 4.17. The van der Waals surface area contributed by atoms with Crippen molar-refractivity contribution in [2.75, 3.05) is 12.4 Å². The first-order valence-corrected chi connectivity index (χ1v) is 7.14. The summed E-state index contributed by atoms with van der Waals surface area (Å²) in [5.74, 6) is 0.0139. The molecule has 0 unspecified atom stereocenters. The molecule has 128 valence electrons. The van der Waals surface area contributed by atoms with Crippen LogP contribution in [-0.4, -0.2) is 19.4 Å². The summed E-state index contributed by atoms with van der Waals surface area (Å²) in [6.45, 7) is 0. The smallest absolute Gasteiger partial charge is 0.497 e. The standard InChI is InChI=1S/C17H16F3NO3/c1-23-14-6-2-4-12(10-14)8-9-16(22)21-13-5-3-7-15(11-13)24-17(18,19)20/h2-7,10-11H,8-9H2,1H3,(H,21,22). The van der Waals surface area contributed by atoms with E-state index < -0.39 is 6.36 Å². The van der Waals surface area contributed by atoms with Crippen LogP contribution in [0.25, 0.3) is 0 Å². The lowest BCUT2D eigenvalue weighted by Gasteiger charge is -2.11. The van der Waals surface area contributed by atoms with Crippen molar-refractivity contribution in [1.29, 1.82) is 0 Å². The number of amides is 1. The lowest BCUT2D eigenvalue weighted by atomic mass is 10.1. The monoisotopic (exact) mass is 339 g/mol. The van der Waals surface area contributed by atoms with Crippen LogP contribution in [-0.2, 0) is 11.2 Å². The van der Waals surface area contributed by atoms with Gasteiger partial charge in [0.1, 0.15) is 11.5 Å². The van der Waals surface area contributed by atoms with Gasteiger partial charge in [-0.2, -0.15) is 0 Å². The first-order valence-electron chi connectivity index (χ1n) is 7.14. The number of aryl methyl sites for hydroxylation is 1. The van der Waals surface area contributed by atoms with Crippen molar-refractivity contribution in [3.8, 4) is 11.5 Å². The number of hydrogen-bond acceptors (Lipinski definition) is 3. The molecule has 0 aliphatic heterocycles. The summed E-state index contributed by atoms with van der Waals surface area (Å²) in [5.41, 5.74) is 1.17. The molecular weight excluding hydrogens is 323 g/mol. The number of hydrogen-bond donors (Lipinski definition) is 1. The molecule has 1 N–H and O–H groups in total. The molecular formula is C17H16F3NO3. The molecule has 4 nitrogen and oxygen atoms in total. The van der Waals surface area contributed by atoms with Crippen LogP contribution in [0.5, 0.6) is 11.5 Å². The Morgan fingerprint density at radius 2 is 1.79 bits per heavy atom. The minimum Gasteiger partial charge on any atom is -0.497 e. The first-order chi connectivity index (χ1) is 11.4. The van der Waals surface area contributed by atoms with Gasteiger partial charge in [0, 0.05) is 18.2 Å². The highest BCUT2D eigenvalue weighted by Crippen LogP contribution is 2.25. The van der Waals surface area contributed by atoms with E-state index in [0.717, 1.165) is 11.6 Å². The highest BCUT2D eigenvalue weighted by molar-refractivity contribution is 5.91. The van der Waals surface area contributed by atoms with E-state index in [1.54, 1.807) is 13.2 Å². The fourth-order valence-electron chi connectivity index (χ4n) is 2.08. The fraction of sp³-hybridized carbons (Fsp3) is 0.235. The van der Waals surface area contributed by atoms with Gasteiger partial charge in [-0.3, -0.25) is 4.79 Å². The summed E-state index contributed by atoms with van der Waals surface area (Å²) in [4.78, 5) is 11.9. The molecule has 0 bridgehead atoms. The summed E-state index contributed by atoms with van der Waals surface area (Å²) in [5, 5.41) is 2.55. The molecule has 0 saturated carbocycles. The zero-order valence-corrected chi connectivity index (χ0v) is 12.9. The molecule has 0 aliphatic rings. The third-order valence-corrected chi connectivity index (χ3v) is 3.13. The maximum absolute atomic E-state index is 12.2. The van der Waals surface area contributed by atoms with Crippen LogP contribution in [0.2, 0.25) is 0 Å². The van der Waals surface area contributed by atoms with Gasteiger partial charge in [0.05, 0.1) is 7.11 Å². The Hall–Kier alpha value is -2.70. The summed E-state index contributed by atoms with van der Waals surface area (Å²) in [6, 6.07) is 12.5. The van der Waals surface area contributed by atoms with Crippen molar-refractivity contribution >= 4 is 11.6 Å². The van der Waals surface area contributed by atoms with Gasteiger partial charge < -0.3 is 14.8 Å². The Morgan fingerprint density at radius 3 is 2.50 bits per heavy atom. The normalized spacial score (nSPS) is 11.0. The molecule has 0 heterocycles. The molecule has 24 heavy (non-hydrogen) atoms. The molecule has 2 aromatic carbocycles. The Balaban J connectivity index is 1.91. The van der Waals surface area contributed by atoms with Crippen LogP contribution in [0.15, 0.2) is 48.5 Å². The van der Waals surface area contributed by atoms with Gasteiger partial charge in [-0.05, 0) is 36.2 Å². The number of carbonyl (C=O) groups is 1. The first kappa shape index (κ1) is 17.7. The molecule has 0 saturated heterocycles. The van der Waals surface area contributed by atoms with Gasteiger partial charge in [0.25, 0.3) is 0 Å². The summed E-state index contributed by atoms with van der Waals surface area (Å²) < 4.78 is 45.5. The molecule has 2 rings (SSSR count). The maximum Gasteiger partial charge on any atom is 0.573 e. The van der Waals surface area contributed by atoms with Crippen molar-refractivity contribution in [2.45, 2.75) is 19.2 Å². The van der Waals surface area contributed by atoms with E-state index in [1.165, 1.54) is 18.2 Å². The average Bonchev–Trinajstić information content (AvgIpc) is 2.52. The number of ether oxygens (including phenoxy) is 2. The van der Waals surface area contributed by atoms with Gasteiger partial charge in [0.2, 0.25) is 5.91 Å². The lowest BCUT2D eigenvalue weighted by Crippen LogP contribution is -2.17. The van der Waals surface area contributed by atoms with E-state index in [2.05, 4.69) is 10.1 Å². The molecule has 0 spiro atoms. The Morgan fingerprint density at radius 1 is 1.08 bits per heavy atom. The number of nitrogens with one attached hydrogen (secondary N) is 1. The number of methoxy groups -OCH3 is 1. The summed E-state index contributed by atoms with van der Waals surface area (Å²) >= 11 is 0. The van der Waals surface area contributed by atoms with Crippen LogP contribution >= 0.6 is 0 Å². The van der Waals surface area contributed by atoms with Gasteiger partial charge in [-0.15, -0.1) is 13.2 Å². The van der Waals surface area contributed by atoms with Crippen LogP contribution in [0.1, 0.15) is 12.0 Å². The predicted molar refractivity (Wildman–Crippen MR) is 83.1 cm³/mol. The molecule has 2 aromatic rings. The van der Waals surface area contributed by atoms with E-state index >= 15 is 0 Å². The zero-order chi connectivity index (χ0) is 17.6. The SMILES string of the molecule is COc1cccc(CCC(=O)Nc2cccc(OC(F)(F)F)c2)c1. The summed E-state index contributed by atoms with van der Waals surface area (Å²) in [7, 11) is 1.56. The van der Waals surface area contributed by atoms with Gasteiger partial charge in [-0.1, -0.05) is 18.2 Å². The number of halogens is 3. The van der Waals surface area contributed by atoms with Gasteiger partial charge in [-0.25, -0.2) is 0 Å². The minimum atomic E-state index is -4.77. The van der Waals surface area contributed by atoms with Gasteiger partial charge in [0.15, 0.2) is 0 Å². The highest BCUT2D eigenvalue weighted by atomic mass is 19.4. The quantitative estimate of drug-likeness (QED) is 0.859. The van der Waals surface area contributed by atoms with E-state index in [-0.39, 0.29) is 23.8 Å². The largest absolute Gasteiger partial charge is 0.573 e. The number of rotatable bonds is 6. The maximum atomic E-state index is 12.2. The second-order valence-corrected chi connectivity index (χ2v) is 4.98.